The van der Waals surface area contributed by atoms with Crippen LogP contribution in [-0.4, -0.2) is 67.9 Å². The molecule has 3 rings (SSSR count). The fourth-order valence-electron chi connectivity index (χ4n) is 4.06. The SMILES string of the molecule is CC(=O)CN1CCC(CCN2CCN(c3ccc(Cl)cc3Cl)CC2)CC1. The maximum absolute atomic E-state index is 11.2. The average Bonchev–Trinajstić information content (AvgIpc) is 2.61. The third-order valence-electron chi connectivity index (χ3n) is 5.63. The maximum Gasteiger partial charge on any atom is 0.143 e. The molecule has 2 aliphatic heterocycles. The molecule has 0 saturated carbocycles. The van der Waals surface area contributed by atoms with E-state index in [4.69, 9.17) is 23.2 Å². The molecule has 144 valence electrons. The van der Waals surface area contributed by atoms with Crippen LogP contribution < -0.4 is 4.90 Å². The van der Waals surface area contributed by atoms with Crippen molar-refractivity contribution in [2.24, 2.45) is 5.92 Å². The zero-order valence-corrected chi connectivity index (χ0v) is 17.1. The highest BCUT2D eigenvalue weighted by molar-refractivity contribution is 6.36. The lowest BCUT2D eigenvalue weighted by Crippen LogP contribution is -2.47. The summed E-state index contributed by atoms with van der Waals surface area (Å²) in [7, 11) is 0. The summed E-state index contributed by atoms with van der Waals surface area (Å²) >= 11 is 12.3. The number of piperazine rings is 1. The third-order valence-corrected chi connectivity index (χ3v) is 6.17. The van der Waals surface area contributed by atoms with Gasteiger partial charge in [0.1, 0.15) is 5.78 Å². The number of nitrogens with zero attached hydrogens (tertiary/aromatic N) is 3. The van der Waals surface area contributed by atoms with Gasteiger partial charge in [-0.1, -0.05) is 23.2 Å². The first-order chi connectivity index (χ1) is 12.5. The number of Topliss-reactive ketones (excluding diaryl/α,β-unsaturated/α-hetero) is 1. The molecule has 26 heavy (non-hydrogen) atoms. The quantitative estimate of drug-likeness (QED) is 0.728. The van der Waals surface area contributed by atoms with Crippen molar-refractivity contribution in [3.8, 4) is 0 Å². The Morgan fingerprint density at radius 2 is 1.73 bits per heavy atom. The molecule has 0 unspecified atom stereocenters. The number of carbonyl (C=O) groups is 1. The molecule has 2 heterocycles. The molecule has 0 aromatic heterocycles. The average molecular weight is 398 g/mol. The first kappa shape index (κ1) is 19.9. The van der Waals surface area contributed by atoms with E-state index in [9.17, 15) is 4.79 Å². The summed E-state index contributed by atoms with van der Waals surface area (Å²) in [6.07, 6.45) is 3.73. The van der Waals surface area contributed by atoms with Gasteiger partial charge in [0.05, 0.1) is 17.3 Å². The fourth-order valence-corrected chi connectivity index (χ4v) is 4.59. The number of hydrogen-bond acceptors (Lipinski definition) is 4. The van der Waals surface area contributed by atoms with Gasteiger partial charge < -0.3 is 4.90 Å². The zero-order chi connectivity index (χ0) is 18.5. The summed E-state index contributed by atoms with van der Waals surface area (Å²) < 4.78 is 0. The van der Waals surface area contributed by atoms with Gasteiger partial charge in [0.25, 0.3) is 0 Å². The molecule has 0 aliphatic carbocycles. The molecule has 0 spiro atoms. The first-order valence-corrected chi connectivity index (χ1v) is 10.4. The molecule has 2 saturated heterocycles. The molecular weight excluding hydrogens is 369 g/mol. The van der Waals surface area contributed by atoms with Gasteiger partial charge in [-0.15, -0.1) is 0 Å². The smallest absolute Gasteiger partial charge is 0.143 e. The van der Waals surface area contributed by atoms with Gasteiger partial charge in [-0.05, 0) is 69.9 Å². The highest BCUT2D eigenvalue weighted by atomic mass is 35.5. The second kappa shape index (κ2) is 9.41. The number of carbonyl (C=O) groups excluding carboxylic acids is 1. The Kier molecular flexibility index (Phi) is 7.21. The highest BCUT2D eigenvalue weighted by Crippen LogP contribution is 2.29. The van der Waals surface area contributed by atoms with Gasteiger partial charge >= 0.3 is 0 Å². The van der Waals surface area contributed by atoms with Gasteiger partial charge in [-0.2, -0.15) is 0 Å². The van der Waals surface area contributed by atoms with Crippen LogP contribution in [0.1, 0.15) is 26.2 Å². The van der Waals surface area contributed by atoms with Crippen molar-refractivity contribution in [1.29, 1.82) is 0 Å². The van der Waals surface area contributed by atoms with E-state index in [1.165, 1.54) is 25.8 Å². The summed E-state index contributed by atoms with van der Waals surface area (Å²) in [5, 5.41) is 1.43. The Morgan fingerprint density at radius 1 is 1.04 bits per heavy atom. The minimum atomic E-state index is 0.280. The van der Waals surface area contributed by atoms with Crippen molar-refractivity contribution in [1.82, 2.24) is 9.80 Å². The number of ketones is 1. The number of anilines is 1. The Hall–Kier alpha value is -0.810. The zero-order valence-electron chi connectivity index (χ0n) is 15.6. The van der Waals surface area contributed by atoms with E-state index < -0.39 is 0 Å². The van der Waals surface area contributed by atoms with Crippen LogP contribution in [0.25, 0.3) is 0 Å². The van der Waals surface area contributed by atoms with Gasteiger partial charge in [0.15, 0.2) is 0 Å². The molecule has 0 atom stereocenters. The molecule has 0 N–H and O–H groups in total. The fraction of sp³-hybridized carbons (Fsp3) is 0.650. The molecule has 2 aliphatic rings. The molecule has 0 radical (unpaired) electrons. The summed E-state index contributed by atoms with van der Waals surface area (Å²) in [6, 6.07) is 5.76. The summed E-state index contributed by atoms with van der Waals surface area (Å²) in [6.45, 7) is 9.84. The molecule has 2 fully saturated rings. The van der Waals surface area contributed by atoms with E-state index in [2.05, 4.69) is 14.7 Å². The van der Waals surface area contributed by atoms with Crippen LogP contribution in [0.5, 0.6) is 0 Å². The van der Waals surface area contributed by atoms with Crippen molar-refractivity contribution >= 4 is 34.7 Å². The summed E-state index contributed by atoms with van der Waals surface area (Å²) in [5.41, 5.74) is 1.09. The van der Waals surface area contributed by atoms with Crippen LogP contribution in [-0.2, 0) is 4.79 Å². The highest BCUT2D eigenvalue weighted by Gasteiger charge is 2.23. The Bertz CT molecular complexity index is 609. The van der Waals surface area contributed by atoms with Crippen molar-refractivity contribution in [2.75, 3.05) is 57.3 Å². The summed E-state index contributed by atoms with van der Waals surface area (Å²) in [5.74, 6) is 1.09. The minimum absolute atomic E-state index is 0.280. The van der Waals surface area contributed by atoms with Gasteiger partial charge in [0.2, 0.25) is 0 Å². The minimum Gasteiger partial charge on any atom is -0.368 e. The van der Waals surface area contributed by atoms with E-state index in [0.717, 1.165) is 55.9 Å². The predicted octanol–water partition coefficient (Wildman–Crippen LogP) is 3.81. The molecule has 0 bridgehead atoms. The van der Waals surface area contributed by atoms with Crippen LogP contribution in [0.4, 0.5) is 5.69 Å². The Balaban J connectivity index is 1.38. The third kappa shape index (κ3) is 5.59. The number of likely N-dealkylation sites (tertiary alicyclic amines) is 1. The number of piperidine rings is 1. The molecule has 1 aromatic rings. The molecule has 4 nitrogen and oxygen atoms in total. The maximum atomic E-state index is 11.2. The normalized spacial score (nSPS) is 20.5. The topological polar surface area (TPSA) is 26.8 Å². The lowest BCUT2D eigenvalue weighted by atomic mass is 9.93. The number of halogens is 2. The number of rotatable bonds is 6. The van der Waals surface area contributed by atoms with Gasteiger partial charge in [0, 0.05) is 31.2 Å². The Labute approximate surface area is 167 Å². The monoisotopic (exact) mass is 397 g/mol. The molecule has 0 amide bonds. The largest absolute Gasteiger partial charge is 0.368 e. The van der Waals surface area contributed by atoms with Crippen molar-refractivity contribution in [3.63, 3.8) is 0 Å². The van der Waals surface area contributed by atoms with E-state index in [0.29, 0.717) is 11.6 Å². The van der Waals surface area contributed by atoms with E-state index in [1.807, 2.05) is 18.2 Å². The number of hydrogen-bond donors (Lipinski definition) is 0. The van der Waals surface area contributed by atoms with Crippen LogP contribution in [0, 0.1) is 5.92 Å². The molecular formula is C20H29Cl2N3O. The molecule has 6 heteroatoms. The second-order valence-corrected chi connectivity index (χ2v) is 8.48. The van der Waals surface area contributed by atoms with Crippen molar-refractivity contribution in [2.45, 2.75) is 26.2 Å². The van der Waals surface area contributed by atoms with Crippen LogP contribution in [0.15, 0.2) is 18.2 Å². The first-order valence-electron chi connectivity index (χ1n) is 9.65. The lowest BCUT2D eigenvalue weighted by molar-refractivity contribution is -0.118. The second-order valence-electron chi connectivity index (χ2n) is 7.63. The Morgan fingerprint density at radius 3 is 2.35 bits per heavy atom. The van der Waals surface area contributed by atoms with E-state index in [1.54, 1.807) is 6.92 Å². The van der Waals surface area contributed by atoms with Gasteiger partial charge in [-0.3, -0.25) is 14.6 Å². The van der Waals surface area contributed by atoms with Crippen molar-refractivity contribution < 1.29 is 4.79 Å². The van der Waals surface area contributed by atoms with Crippen LogP contribution in [0.3, 0.4) is 0 Å². The van der Waals surface area contributed by atoms with Gasteiger partial charge in [-0.25, -0.2) is 0 Å². The lowest BCUT2D eigenvalue weighted by Gasteiger charge is -2.38. The molecule has 1 aromatic carbocycles. The summed E-state index contributed by atoms with van der Waals surface area (Å²) in [4.78, 5) is 18.5. The van der Waals surface area contributed by atoms with Crippen LogP contribution in [0.2, 0.25) is 10.0 Å². The standard InChI is InChI=1S/C20H29Cl2N3O/c1-16(26)15-24-8-5-17(6-9-24)4-7-23-10-12-25(13-11-23)20-3-2-18(21)14-19(20)22/h2-3,14,17H,4-13,15H2,1H3. The van der Waals surface area contributed by atoms with E-state index >= 15 is 0 Å². The number of benzene rings is 1. The van der Waals surface area contributed by atoms with E-state index in [-0.39, 0.29) is 5.78 Å². The van der Waals surface area contributed by atoms with Crippen LogP contribution >= 0.6 is 23.2 Å². The predicted molar refractivity (Wildman–Crippen MR) is 110 cm³/mol. The van der Waals surface area contributed by atoms with Crippen molar-refractivity contribution in [3.05, 3.63) is 28.2 Å².